The maximum Gasteiger partial charge on any atom is 0.258 e. The topological polar surface area (TPSA) is 91.7 Å². The molecule has 8 nitrogen and oxygen atoms in total. The molecule has 3 rings (SSSR count). The number of carbonyl (C=O) groups excluding carboxylic acids is 1. The van der Waals surface area contributed by atoms with Crippen molar-refractivity contribution in [2.45, 2.75) is 0 Å². The van der Waals surface area contributed by atoms with Crippen molar-refractivity contribution in [3.8, 4) is 28.4 Å². The third-order valence-corrected chi connectivity index (χ3v) is 4.52. The molecule has 24 heavy (non-hydrogen) atoms. The molecule has 1 aromatic carbocycles. The van der Waals surface area contributed by atoms with Gasteiger partial charge in [-0.25, -0.2) is 8.89 Å². The molecule has 1 amide bonds. The van der Waals surface area contributed by atoms with E-state index in [1.807, 2.05) is 0 Å². The Hall–Kier alpha value is -2.81. The Kier molecular flexibility index (Phi) is 4.26. The minimum absolute atomic E-state index is 0.277. The number of nitrogens with zero attached hydrogens (tertiary/aromatic N) is 2. The Morgan fingerprint density at radius 1 is 1.08 bits per heavy atom. The van der Waals surface area contributed by atoms with Crippen LogP contribution in [0.5, 0.6) is 17.2 Å². The van der Waals surface area contributed by atoms with E-state index >= 15 is 0 Å². The first-order chi connectivity index (χ1) is 11.6. The molecule has 0 saturated heterocycles. The maximum absolute atomic E-state index is 11.8. The molecule has 1 aliphatic heterocycles. The Morgan fingerprint density at radius 3 is 2.25 bits per heavy atom. The maximum atomic E-state index is 11.8. The molecule has 9 heteroatoms. The number of hydrogen-bond acceptors (Lipinski definition) is 6. The molecule has 1 atom stereocenters. The number of hydrogen-bond donors (Lipinski definition) is 1. The number of benzene rings is 1. The Bertz CT molecular complexity index is 834. The monoisotopic (exact) mass is 349 g/mol. The number of ether oxygens (including phenoxy) is 3. The first-order valence-electron chi connectivity index (χ1n) is 6.87. The van der Waals surface area contributed by atoms with Crippen molar-refractivity contribution < 1.29 is 23.2 Å². The quantitative estimate of drug-likeness (QED) is 0.871. The Labute approximate surface area is 140 Å². The van der Waals surface area contributed by atoms with E-state index in [4.69, 9.17) is 14.2 Å². The van der Waals surface area contributed by atoms with E-state index in [9.17, 15) is 9.00 Å². The van der Waals surface area contributed by atoms with Crippen molar-refractivity contribution >= 4 is 21.9 Å². The summed E-state index contributed by atoms with van der Waals surface area (Å²) in [5.74, 6) is 1.11. The fourth-order valence-electron chi connectivity index (χ4n) is 2.33. The molecule has 2 aromatic rings. The molecular weight excluding hydrogens is 334 g/mol. The Balaban J connectivity index is 2.03. The summed E-state index contributed by atoms with van der Waals surface area (Å²) >= 11 is 0. The molecule has 1 aliphatic rings. The SMILES string of the molecule is COc1cc(-c2cnn(C3=CC(=O)NS3=O)c2)cc(OC)c1OC. The average molecular weight is 349 g/mol. The molecule has 126 valence electrons. The van der Waals surface area contributed by atoms with Crippen molar-refractivity contribution in [3.63, 3.8) is 0 Å². The summed E-state index contributed by atoms with van der Waals surface area (Å²) in [6.07, 6.45) is 4.52. The van der Waals surface area contributed by atoms with Gasteiger partial charge in [0, 0.05) is 17.8 Å². The van der Waals surface area contributed by atoms with Gasteiger partial charge in [-0.3, -0.25) is 9.52 Å². The average Bonchev–Trinajstić information content (AvgIpc) is 3.19. The summed E-state index contributed by atoms with van der Waals surface area (Å²) < 4.78 is 31.5. The molecule has 0 spiro atoms. The summed E-state index contributed by atoms with van der Waals surface area (Å²) in [5.41, 5.74) is 1.52. The predicted octanol–water partition coefficient (Wildman–Crippen LogP) is 1.17. The van der Waals surface area contributed by atoms with E-state index in [1.54, 1.807) is 24.5 Å². The van der Waals surface area contributed by atoms with Crippen LogP contribution in [0.4, 0.5) is 0 Å². The van der Waals surface area contributed by atoms with Crippen molar-refractivity contribution in [3.05, 3.63) is 30.6 Å². The van der Waals surface area contributed by atoms with Crippen molar-refractivity contribution in [2.24, 2.45) is 0 Å². The van der Waals surface area contributed by atoms with E-state index in [0.29, 0.717) is 17.2 Å². The van der Waals surface area contributed by atoms with Crippen molar-refractivity contribution in [1.82, 2.24) is 14.5 Å². The standard InChI is InChI=1S/C15H15N3O5S/c1-21-11-4-9(5-12(22-2)15(11)23-3)10-7-16-18(8-10)14-6-13(19)17-24(14)20/h4-8H,1-3H3,(H,17,19). The van der Waals surface area contributed by atoms with Crippen LogP contribution in [0.1, 0.15) is 0 Å². The number of amides is 1. The van der Waals surface area contributed by atoms with Crippen LogP contribution in [0.25, 0.3) is 16.2 Å². The van der Waals surface area contributed by atoms with Crippen molar-refractivity contribution in [2.75, 3.05) is 21.3 Å². The third kappa shape index (κ3) is 2.73. The van der Waals surface area contributed by atoms with Crippen LogP contribution in [0.2, 0.25) is 0 Å². The molecule has 1 N–H and O–H groups in total. The molecule has 0 fully saturated rings. The minimum Gasteiger partial charge on any atom is -0.493 e. The van der Waals surface area contributed by atoms with Gasteiger partial charge >= 0.3 is 0 Å². The predicted molar refractivity (Wildman–Crippen MR) is 87.9 cm³/mol. The van der Waals surface area contributed by atoms with E-state index in [0.717, 1.165) is 11.1 Å². The highest BCUT2D eigenvalue weighted by Crippen LogP contribution is 2.41. The van der Waals surface area contributed by atoms with Crippen LogP contribution in [-0.2, 0) is 15.8 Å². The fraction of sp³-hybridized carbons (Fsp3) is 0.200. The van der Waals surface area contributed by atoms with Gasteiger partial charge in [0.05, 0.1) is 27.5 Å². The lowest BCUT2D eigenvalue weighted by molar-refractivity contribution is -0.114. The first kappa shape index (κ1) is 16.1. The number of nitrogens with one attached hydrogen (secondary N) is 1. The molecule has 0 aliphatic carbocycles. The van der Waals surface area contributed by atoms with Gasteiger partial charge in [-0.1, -0.05) is 0 Å². The van der Waals surface area contributed by atoms with Crippen molar-refractivity contribution in [1.29, 1.82) is 0 Å². The van der Waals surface area contributed by atoms with Gasteiger partial charge in [-0.05, 0) is 17.7 Å². The lowest BCUT2D eigenvalue weighted by atomic mass is 10.1. The van der Waals surface area contributed by atoms with Crippen LogP contribution in [0.15, 0.2) is 30.6 Å². The molecule has 2 heterocycles. The first-order valence-corrected chi connectivity index (χ1v) is 8.02. The number of methoxy groups -OCH3 is 3. The third-order valence-electron chi connectivity index (χ3n) is 3.44. The van der Waals surface area contributed by atoms with E-state index in [1.165, 1.54) is 32.1 Å². The molecule has 1 unspecified atom stereocenters. The number of aromatic nitrogens is 2. The van der Waals surface area contributed by atoms with E-state index < -0.39 is 16.9 Å². The normalized spacial score (nSPS) is 16.5. The summed E-state index contributed by atoms with van der Waals surface area (Å²) in [7, 11) is 2.99. The second-order valence-electron chi connectivity index (χ2n) is 4.81. The molecular formula is C15H15N3O5S. The van der Waals surface area contributed by atoms with Gasteiger partial charge in [0.2, 0.25) is 5.75 Å². The van der Waals surface area contributed by atoms with E-state index in [-0.39, 0.29) is 5.03 Å². The highest BCUT2D eigenvalue weighted by atomic mass is 32.2. The molecule has 0 radical (unpaired) electrons. The zero-order chi connectivity index (χ0) is 17.3. The molecule has 0 bridgehead atoms. The molecule has 1 aromatic heterocycles. The van der Waals surface area contributed by atoms with Crippen LogP contribution in [-0.4, -0.2) is 41.2 Å². The smallest absolute Gasteiger partial charge is 0.258 e. The fourth-order valence-corrected chi connectivity index (χ4v) is 3.16. The van der Waals surface area contributed by atoms with Crippen LogP contribution < -0.4 is 18.9 Å². The van der Waals surface area contributed by atoms with Gasteiger partial charge in [0.25, 0.3) is 5.91 Å². The lowest BCUT2D eigenvalue weighted by Gasteiger charge is -2.13. The number of rotatable bonds is 5. The highest BCUT2D eigenvalue weighted by Gasteiger charge is 2.22. The van der Waals surface area contributed by atoms with Gasteiger partial charge < -0.3 is 14.2 Å². The zero-order valence-electron chi connectivity index (χ0n) is 13.2. The number of carbonyl (C=O) groups is 1. The summed E-state index contributed by atoms with van der Waals surface area (Å²) in [6.45, 7) is 0. The highest BCUT2D eigenvalue weighted by molar-refractivity contribution is 7.93. The largest absolute Gasteiger partial charge is 0.493 e. The second-order valence-corrected chi connectivity index (χ2v) is 5.97. The van der Waals surface area contributed by atoms with Gasteiger partial charge in [0.1, 0.15) is 0 Å². The molecule has 0 saturated carbocycles. The van der Waals surface area contributed by atoms with E-state index in [2.05, 4.69) is 9.82 Å². The van der Waals surface area contributed by atoms with Crippen LogP contribution in [0, 0.1) is 0 Å². The summed E-state index contributed by atoms with van der Waals surface area (Å²) in [5, 5.41) is 4.44. The lowest BCUT2D eigenvalue weighted by Crippen LogP contribution is -2.17. The minimum atomic E-state index is -1.61. The Morgan fingerprint density at radius 2 is 1.75 bits per heavy atom. The van der Waals surface area contributed by atoms with Crippen LogP contribution in [0.3, 0.4) is 0 Å². The van der Waals surface area contributed by atoms with Gasteiger partial charge in [-0.15, -0.1) is 0 Å². The van der Waals surface area contributed by atoms with Crippen LogP contribution >= 0.6 is 0 Å². The van der Waals surface area contributed by atoms with Gasteiger partial charge in [0.15, 0.2) is 27.5 Å². The second kappa shape index (κ2) is 6.36. The van der Waals surface area contributed by atoms with Gasteiger partial charge in [-0.2, -0.15) is 5.10 Å². The summed E-state index contributed by atoms with van der Waals surface area (Å²) in [4.78, 5) is 11.3. The summed E-state index contributed by atoms with van der Waals surface area (Å²) in [6, 6.07) is 3.57. The zero-order valence-corrected chi connectivity index (χ0v) is 14.0.